The molecule has 1 heterocycles. The highest BCUT2D eigenvalue weighted by atomic mass is 16.5. The van der Waals surface area contributed by atoms with Gasteiger partial charge in [-0.2, -0.15) is 0 Å². The molecule has 0 unspecified atom stereocenters. The molecule has 9 nitrogen and oxygen atoms in total. The van der Waals surface area contributed by atoms with E-state index >= 15 is 0 Å². The summed E-state index contributed by atoms with van der Waals surface area (Å²) in [5, 5.41) is 4.55. The van der Waals surface area contributed by atoms with E-state index in [1.54, 1.807) is 68.9 Å². The van der Waals surface area contributed by atoms with Crippen LogP contribution in [-0.2, 0) is 4.79 Å². The van der Waals surface area contributed by atoms with Crippen molar-refractivity contribution >= 4 is 34.7 Å². The minimum absolute atomic E-state index is 0.524. The molecule has 0 spiro atoms. The van der Waals surface area contributed by atoms with E-state index in [4.69, 9.17) is 14.2 Å². The quantitative estimate of drug-likeness (QED) is 0.275. The van der Waals surface area contributed by atoms with Gasteiger partial charge in [0.05, 0.1) is 25.4 Å². The third-order valence-corrected chi connectivity index (χ3v) is 5.19. The molecule has 3 amide bonds. The number of fused-ring (bicyclic) bond motifs is 1. The number of urea groups is 1. The molecule has 0 aliphatic rings. The molecule has 0 bridgehead atoms. The van der Waals surface area contributed by atoms with E-state index in [-0.39, 0.29) is 0 Å². The Hall–Kier alpha value is -4.79. The number of aryl methyl sites for hydroxylation is 1. The summed E-state index contributed by atoms with van der Waals surface area (Å²) in [5.41, 5.74) is 5.31. The summed E-state index contributed by atoms with van der Waals surface area (Å²) in [5.74, 6) is 2.30. The average Bonchev–Trinajstić information content (AvgIpc) is 2.88. The van der Waals surface area contributed by atoms with E-state index in [2.05, 4.69) is 15.7 Å². The molecule has 0 saturated carbocycles. The molecule has 3 aromatic carbocycles. The van der Waals surface area contributed by atoms with Gasteiger partial charge in [0.2, 0.25) is 6.41 Å². The highest BCUT2D eigenvalue weighted by Gasteiger charge is 2.12. The van der Waals surface area contributed by atoms with Crippen LogP contribution in [0.15, 0.2) is 72.9 Å². The molecule has 35 heavy (non-hydrogen) atoms. The van der Waals surface area contributed by atoms with Crippen molar-refractivity contribution in [2.75, 3.05) is 24.5 Å². The number of rotatable bonds is 8. The van der Waals surface area contributed by atoms with Crippen molar-refractivity contribution in [3.63, 3.8) is 0 Å². The van der Waals surface area contributed by atoms with Crippen molar-refractivity contribution in [1.29, 1.82) is 0 Å². The molecule has 1 aromatic heterocycles. The number of methoxy groups -OCH3 is 2. The lowest BCUT2D eigenvalue weighted by atomic mass is 10.2. The van der Waals surface area contributed by atoms with Crippen LogP contribution in [0.25, 0.3) is 10.9 Å². The lowest BCUT2D eigenvalue weighted by Crippen LogP contribution is -2.43. The van der Waals surface area contributed by atoms with E-state index in [0.29, 0.717) is 46.3 Å². The minimum Gasteiger partial charge on any atom is -0.493 e. The number of carbonyl (C=O) groups excluding carboxylic acids is 2. The van der Waals surface area contributed by atoms with Gasteiger partial charge in [-0.3, -0.25) is 9.78 Å². The first-order chi connectivity index (χ1) is 17.0. The number of hydrogen-bond donors (Lipinski definition) is 2. The number of nitrogens with zero attached hydrogens (tertiary/aromatic N) is 2. The fourth-order valence-electron chi connectivity index (χ4n) is 3.40. The van der Waals surface area contributed by atoms with Crippen molar-refractivity contribution < 1.29 is 23.8 Å². The van der Waals surface area contributed by atoms with Crippen molar-refractivity contribution in [2.45, 2.75) is 6.92 Å². The van der Waals surface area contributed by atoms with E-state index in [0.717, 1.165) is 16.0 Å². The van der Waals surface area contributed by atoms with Crippen LogP contribution in [0.5, 0.6) is 23.0 Å². The number of carbonyl (C=O) groups is 2. The summed E-state index contributed by atoms with van der Waals surface area (Å²) >= 11 is 0. The normalized spacial score (nSPS) is 10.4. The number of ether oxygens (including phenoxy) is 3. The van der Waals surface area contributed by atoms with Crippen molar-refractivity contribution in [1.82, 2.24) is 10.4 Å². The Bertz CT molecular complexity index is 1340. The van der Waals surface area contributed by atoms with Crippen LogP contribution in [0, 0.1) is 6.92 Å². The molecule has 0 radical (unpaired) electrons. The smallest absolute Gasteiger partial charge is 0.338 e. The van der Waals surface area contributed by atoms with E-state index in [1.165, 1.54) is 0 Å². The fourth-order valence-corrected chi connectivity index (χ4v) is 3.40. The van der Waals surface area contributed by atoms with Crippen LogP contribution in [-0.4, -0.2) is 31.6 Å². The van der Waals surface area contributed by atoms with Gasteiger partial charge < -0.3 is 19.5 Å². The van der Waals surface area contributed by atoms with Crippen LogP contribution < -0.4 is 30.0 Å². The zero-order valence-electron chi connectivity index (χ0n) is 19.4. The van der Waals surface area contributed by atoms with E-state index in [1.807, 2.05) is 25.1 Å². The number of hydrogen-bond acceptors (Lipinski definition) is 6. The molecule has 0 aliphatic heterocycles. The number of pyridine rings is 1. The number of amides is 3. The van der Waals surface area contributed by atoms with Gasteiger partial charge >= 0.3 is 6.03 Å². The van der Waals surface area contributed by atoms with Gasteiger partial charge in [0.1, 0.15) is 11.5 Å². The van der Waals surface area contributed by atoms with Crippen molar-refractivity contribution in [3.8, 4) is 23.0 Å². The zero-order chi connectivity index (χ0) is 24.8. The molecule has 0 saturated heterocycles. The maximum absolute atomic E-state index is 12.4. The number of benzene rings is 3. The Balaban J connectivity index is 1.44. The molecule has 178 valence electrons. The van der Waals surface area contributed by atoms with Crippen molar-refractivity contribution in [2.24, 2.45) is 0 Å². The maximum Gasteiger partial charge on any atom is 0.338 e. The Morgan fingerprint density at radius 1 is 0.914 bits per heavy atom. The third kappa shape index (κ3) is 5.41. The average molecular weight is 473 g/mol. The second-order valence-corrected chi connectivity index (χ2v) is 7.54. The molecule has 4 rings (SSSR count). The summed E-state index contributed by atoms with van der Waals surface area (Å²) < 4.78 is 16.8. The van der Waals surface area contributed by atoms with Gasteiger partial charge in [-0.15, -0.1) is 0 Å². The summed E-state index contributed by atoms with van der Waals surface area (Å²) in [6.07, 6.45) is 2.18. The first-order valence-corrected chi connectivity index (χ1v) is 10.7. The standard InChI is InChI=1S/C26H24N4O5/c1-17-4-8-19(9-5-17)30(16-31)29-26(32)28-18-6-10-20(11-7-18)35-23-12-13-27-22-15-25(34-3)24(33-2)14-21(22)23/h4-16H,1-3H3,(H2,28,29,32). The first-order valence-electron chi connectivity index (χ1n) is 10.7. The number of aromatic nitrogens is 1. The van der Waals surface area contributed by atoms with Crippen LogP contribution in [0.3, 0.4) is 0 Å². The second kappa shape index (κ2) is 10.4. The van der Waals surface area contributed by atoms with Gasteiger partial charge in [0.25, 0.3) is 0 Å². The van der Waals surface area contributed by atoms with Gasteiger partial charge in [-0.1, -0.05) is 17.7 Å². The Morgan fingerprint density at radius 2 is 1.60 bits per heavy atom. The molecule has 0 fully saturated rings. The molecule has 0 atom stereocenters. The summed E-state index contributed by atoms with van der Waals surface area (Å²) in [6.45, 7) is 1.94. The van der Waals surface area contributed by atoms with Crippen LogP contribution in [0.2, 0.25) is 0 Å². The number of anilines is 2. The lowest BCUT2D eigenvalue weighted by molar-refractivity contribution is -0.107. The van der Waals surface area contributed by atoms with Crippen molar-refractivity contribution in [3.05, 3.63) is 78.5 Å². The molecule has 2 N–H and O–H groups in total. The molecule has 0 aliphatic carbocycles. The largest absolute Gasteiger partial charge is 0.493 e. The Kier molecular flexibility index (Phi) is 6.96. The number of hydrazine groups is 1. The molecule has 4 aromatic rings. The van der Waals surface area contributed by atoms with E-state index < -0.39 is 6.03 Å². The highest BCUT2D eigenvalue weighted by molar-refractivity contribution is 5.93. The molecular weight excluding hydrogens is 448 g/mol. The third-order valence-electron chi connectivity index (χ3n) is 5.19. The fraction of sp³-hybridized carbons (Fsp3) is 0.115. The van der Waals surface area contributed by atoms with Crippen LogP contribution >= 0.6 is 0 Å². The van der Waals surface area contributed by atoms with Gasteiger partial charge in [-0.05, 0) is 55.5 Å². The Labute approximate surface area is 202 Å². The highest BCUT2D eigenvalue weighted by Crippen LogP contribution is 2.37. The predicted octanol–water partition coefficient (Wildman–Crippen LogP) is 5.05. The van der Waals surface area contributed by atoms with E-state index in [9.17, 15) is 9.59 Å². The number of nitrogens with one attached hydrogen (secondary N) is 2. The minimum atomic E-state index is -0.562. The molecular formula is C26H24N4O5. The molecule has 9 heteroatoms. The monoisotopic (exact) mass is 472 g/mol. The van der Waals surface area contributed by atoms with Gasteiger partial charge in [-0.25, -0.2) is 15.2 Å². The predicted molar refractivity (Wildman–Crippen MR) is 133 cm³/mol. The van der Waals surface area contributed by atoms with Crippen LogP contribution in [0.4, 0.5) is 16.2 Å². The summed E-state index contributed by atoms with van der Waals surface area (Å²) in [7, 11) is 3.14. The van der Waals surface area contributed by atoms with Gasteiger partial charge in [0, 0.05) is 23.3 Å². The lowest BCUT2D eigenvalue weighted by Gasteiger charge is -2.19. The zero-order valence-corrected chi connectivity index (χ0v) is 19.4. The topological polar surface area (TPSA) is 102 Å². The summed E-state index contributed by atoms with van der Waals surface area (Å²) in [4.78, 5) is 28.2. The first kappa shape index (κ1) is 23.4. The second-order valence-electron chi connectivity index (χ2n) is 7.54. The maximum atomic E-state index is 12.4. The summed E-state index contributed by atoms with van der Waals surface area (Å²) in [6, 6.07) is 18.8. The van der Waals surface area contributed by atoms with Gasteiger partial charge in [0.15, 0.2) is 11.5 Å². The van der Waals surface area contributed by atoms with Crippen LogP contribution in [0.1, 0.15) is 5.56 Å². The SMILES string of the molecule is COc1cc2nccc(Oc3ccc(NC(=O)NN(C=O)c4ccc(C)cc4)cc3)c2cc1OC. The Morgan fingerprint density at radius 3 is 2.26 bits per heavy atom.